The Morgan fingerprint density at radius 2 is 2.19 bits per heavy atom. The van der Waals surface area contributed by atoms with Crippen molar-refractivity contribution < 1.29 is 18.6 Å². The number of amides is 1. The van der Waals surface area contributed by atoms with Crippen LogP contribution in [0.1, 0.15) is 42.1 Å². The predicted molar refractivity (Wildman–Crippen MR) is 71.7 cm³/mol. The molecule has 2 heterocycles. The molecule has 1 aliphatic carbocycles. The number of rotatable bonds is 5. The highest BCUT2D eigenvalue weighted by Gasteiger charge is 2.39. The van der Waals surface area contributed by atoms with E-state index in [4.69, 9.17) is 8.83 Å². The van der Waals surface area contributed by atoms with Gasteiger partial charge in [0.2, 0.25) is 0 Å². The molecule has 7 heteroatoms. The van der Waals surface area contributed by atoms with E-state index in [1.807, 2.05) is 6.92 Å². The maximum absolute atomic E-state index is 12.6. The van der Waals surface area contributed by atoms with Gasteiger partial charge in [0.15, 0.2) is 5.76 Å². The van der Waals surface area contributed by atoms with Crippen LogP contribution in [0.15, 0.2) is 39.4 Å². The lowest BCUT2D eigenvalue weighted by Gasteiger charge is -2.27. The first-order valence-corrected chi connectivity index (χ1v) is 6.68. The molecule has 0 aromatic carbocycles. The Kier molecular flexibility index (Phi) is 3.25. The number of nitrogens with zero attached hydrogens (tertiary/aromatic N) is 2. The van der Waals surface area contributed by atoms with Crippen LogP contribution in [0, 0.1) is 10.1 Å². The third kappa shape index (κ3) is 2.54. The minimum absolute atomic E-state index is 0.0213. The van der Waals surface area contributed by atoms with Gasteiger partial charge in [-0.05, 0) is 38.0 Å². The number of carbonyl (C=O) groups is 1. The second kappa shape index (κ2) is 5.08. The summed E-state index contributed by atoms with van der Waals surface area (Å²) >= 11 is 0. The van der Waals surface area contributed by atoms with Gasteiger partial charge < -0.3 is 13.7 Å². The molecule has 0 saturated heterocycles. The smallest absolute Gasteiger partial charge is 0.433 e. The Balaban J connectivity index is 1.86. The lowest BCUT2D eigenvalue weighted by molar-refractivity contribution is -0.402. The Bertz CT molecular complexity index is 657. The van der Waals surface area contributed by atoms with Crippen LogP contribution in [-0.4, -0.2) is 21.8 Å². The largest absolute Gasteiger partial charge is 0.467 e. The summed E-state index contributed by atoms with van der Waals surface area (Å²) in [6, 6.07) is 5.98. The van der Waals surface area contributed by atoms with E-state index in [2.05, 4.69) is 0 Å². The van der Waals surface area contributed by atoms with E-state index >= 15 is 0 Å². The molecule has 21 heavy (non-hydrogen) atoms. The van der Waals surface area contributed by atoms with Gasteiger partial charge in [0.25, 0.3) is 5.91 Å². The highest BCUT2D eigenvalue weighted by Crippen LogP contribution is 2.36. The average molecular weight is 290 g/mol. The van der Waals surface area contributed by atoms with Crippen molar-refractivity contribution in [2.24, 2.45) is 0 Å². The molecule has 0 N–H and O–H groups in total. The van der Waals surface area contributed by atoms with Gasteiger partial charge in [0.1, 0.15) is 10.7 Å². The molecule has 110 valence electrons. The molecule has 7 nitrogen and oxygen atoms in total. The van der Waals surface area contributed by atoms with Crippen LogP contribution in [0.3, 0.4) is 0 Å². The molecule has 1 aliphatic rings. The van der Waals surface area contributed by atoms with Crippen LogP contribution >= 0.6 is 0 Å². The summed E-state index contributed by atoms with van der Waals surface area (Å²) in [6.07, 6.45) is 3.39. The number of carbonyl (C=O) groups excluding carboxylic acids is 1. The number of hydrogen-bond acceptors (Lipinski definition) is 5. The van der Waals surface area contributed by atoms with E-state index in [-0.39, 0.29) is 23.8 Å². The fraction of sp³-hybridized carbons (Fsp3) is 0.357. The summed E-state index contributed by atoms with van der Waals surface area (Å²) in [5.41, 5.74) is 0. The maximum atomic E-state index is 12.6. The first-order valence-electron chi connectivity index (χ1n) is 6.68. The van der Waals surface area contributed by atoms with Crippen molar-refractivity contribution in [1.29, 1.82) is 0 Å². The highest BCUT2D eigenvalue weighted by molar-refractivity contribution is 5.92. The third-order valence-electron chi connectivity index (χ3n) is 3.53. The second-order valence-electron chi connectivity index (χ2n) is 5.03. The van der Waals surface area contributed by atoms with E-state index in [0.29, 0.717) is 5.76 Å². The Labute approximate surface area is 120 Å². The average Bonchev–Trinajstić information content (AvgIpc) is 3.00. The molecule has 1 atom stereocenters. The van der Waals surface area contributed by atoms with Crippen molar-refractivity contribution in [2.75, 3.05) is 0 Å². The van der Waals surface area contributed by atoms with Crippen molar-refractivity contribution in [3.8, 4) is 0 Å². The summed E-state index contributed by atoms with van der Waals surface area (Å²) in [6.45, 7) is 1.87. The van der Waals surface area contributed by atoms with Gasteiger partial charge in [-0.3, -0.25) is 14.9 Å². The molecule has 1 fully saturated rings. The molecule has 1 saturated carbocycles. The number of hydrogen-bond donors (Lipinski definition) is 0. The molecule has 0 spiro atoms. The van der Waals surface area contributed by atoms with Gasteiger partial charge in [-0.15, -0.1) is 0 Å². The van der Waals surface area contributed by atoms with Gasteiger partial charge in [0.05, 0.1) is 18.4 Å². The van der Waals surface area contributed by atoms with E-state index in [0.717, 1.165) is 12.8 Å². The van der Waals surface area contributed by atoms with Crippen molar-refractivity contribution >= 4 is 11.8 Å². The summed E-state index contributed by atoms with van der Waals surface area (Å²) < 4.78 is 10.4. The van der Waals surface area contributed by atoms with Crippen molar-refractivity contribution in [3.05, 3.63) is 52.2 Å². The SMILES string of the molecule is CC(c1ccco1)N(C(=O)c1ccc([N+](=O)[O-])o1)C1CC1. The fourth-order valence-electron chi connectivity index (χ4n) is 2.34. The summed E-state index contributed by atoms with van der Waals surface area (Å²) in [5.74, 6) is -0.127. The zero-order valence-corrected chi connectivity index (χ0v) is 11.4. The Morgan fingerprint density at radius 3 is 2.71 bits per heavy atom. The van der Waals surface area contributed by atoms with Gasteiger partial charge in [-0.1, -0.05) is 0 Å². The minimum Gasteiger partial charge on any atom is -0.467 e. The van der Waals surface area contributed by atoms with Gasteiger partial charge in [-0.25, -0.2) is 0 Å². The fourth-order valence-corrected chi connectivity index (χ4v) is 2.34. The van der Waals surface area contributed by atoms with Gasteiger partial charge >= 0.3 is 5.88 Å². The molecule has 0 aliphatic heterocycles. The molecule has 0 bridgehead atoms. The Morgan fingerprint density at radius 1 is 1.43 bits per heavy atom. The topological polar surface area (TPSA) is 89.7 Å². The monoisotopic (exact) mass is 290 g/mol. The molecule has 1 unspecified atom stereocenters. The van der Waals surface area contributed by atoms with Crippen molar-refractivity contribution in [2.45, 2.75) is 31.8 Å². The molecule has 2 aromatic heterocycles. The standard InChI is InChI=1S/C14H14N2O5/c1-9(11-3-2-8-20-11)15(10-4-5-10)14(17)12-6-7-13(21-12)16(18)19/h2-3,6-10H,4-5H2,1H3. The highest BCUT2D eigenvalue weighted by atomic mass is 16.6. The molecular weight excluding hydrogens is 276 g/mol. The van der Waals surface area contributed by atoms with Crippen LogP contribution in [-0.2, 0) is 0 Å². The van der Waals surface area contributed by atoms with Gasteiger partial charge in [0, 0.05) is 6.04 Å². The predicted octanol–water partition coefficient (Wildman–Crippen LogP) is 3.15. The van der Waals surface area contributed by atoms with E-state index in [9.17, 15) is 14.9 Å². The normalized spacial score (nSPS) is 15.7. The van der Waals surface area contributed by atoms with Crippen LogP contribution in [0.25, 0.3) is 0 Å². The molecule has 1 amide bonds. The zero-order chi connectivity index (χ0) is 15.0. The second-order valence-corrected chi connectivity index (χ2v) is 5.03. The zero-order valence-electron chi connectivity index (χ0n) is 11.4. The first kappa shape index (κ1) is 13.4. The first-order chi connectivity index (χ1) is 10.1. The molecular formula is C14H14N2O5. The van der Waals surface area contributed by atoms with Crippen LogP contribution in [0.5, 0.6) is 0 Å². The van der Waals surface area contributed by atoms with Crippen LogP contribution in [0.2, 0.25) is 0 Å². The van der Waals surface area contributed by atoms with E-state index in [1.54, 1.807) is 23.3 Å². The molecule has 0 radical (unpaired) electrons. The maximum Gasteiger partial charge on any atom is 0.433 e. The Hall–Kier alpha value is -2.57. The van der Waals surface area contributed by atoms with Crippen molar-refractivity contribution in [3.63, 3.8) is 0 Å². The number of furan rings is 2. The summed E-state index contributed by atoms with van der Waals surface area (Å²) in [5, 5.41) is 10.6. The minimum atomic E-state index is -0.659. The molecule has 3 rings (SSSR count). The number of nitro groups is 1. The molecule has 2 aromatic rings. The van der Waals surface area contributed by atoms with Crippen molar-refractivity contribution in [1.82, 2.24) is 4.90 Å². The van der Waals surface area contributed by atoms with E-state index in [1.165, 1.54) is 12.1 Å². The third-order valence-corrected chi connectivity index (χ3v) is 3.53. The quantitative estimate of drug-likeness (QED) is 0.623. The summed E-state index contributed by atoms with van der Waals surface area (Å²) in [7, 11) is 0. The van der Waals surface area contributed by atoms with Crippen LogP contribution in [0.4, 0.5) is 5.88 Å². The van der Waals surface area contributed by atoms with E-state index < -0.39 is 10.8 Å². The lowest BCUT2D eigenvalue weighted by Crippen LogP contribution is -2.35. The van der Waals surface area contributed by atoms with Gasteiger partial charge in [-0.2, -0.15) is 0 Å². The lowest BCUT2D eigenvalue weighted by atomic mass is 10.2. The summed E-state index contributed by atoms with van der Waals surface area (Å²) in [4.78, 5) is 24.2. The van der Waals surface area contributed by atoms with Crippen LogP contribution < -0.4 is 0 Å².